The van der Waals surface area contributed by atoms with Crippen LogP contribution in [-0.2, 0) is 11.3 Å². The van der Waals surface area contributed by atoms with Crippen LogP contribution in [0.2, 0.25) is 10.0 Å². The van der Waals surface area contributed by atoms with Crippen molar-refractivity contribution in [2.24, 2.45) is 5.92 Å². The van der Waals surface area contributed by atoms with Crippen LogP contribution in [0.25, 0.3) is 11.7 Å². The lowest BCUT2D eigenvalue weighted by molar-refractivity contribution is -0.125. The van der Waals surface area contributed by atoms with Gasteiger partial charge < -0.3 is 19.1 Å². The monoisotopic (exact) mass is 444 g/mol. The van der Waals surface area contributed by atoms with E-state index in [1.165, 1.54) is 6.26 Å². The number of aromatic nitrogens is 1. The highest BCUT2D eigenvalue weighted by Gasteiger charge is 2.29. The molecule has 30 heavy (non-hydrogen) atoms. The highest BCUT2D eigenvalue weighted by atomic mass is 35.5. The molecule has 0 aliphatic carbocycles. The summed E-state index contributed by atoms with van der Waals surface area (Å²) in [7, 11) is 0. The summed E-state index contributed by atoms with van der Waals surface area (Å²) in [6, 6.07) is 10.7. The number of halogens is 2. The smallest absolute Gasteiger partial charge is 0.266 e. The van der Waals surface area contributed by atoms with E-state index >= 15 is 0 Å². The Bertz CT molecular complexity index is 1080. The summed E-state index contributed by atoms with van der Waals surface area (Å²) in [6.07, 6.45) is 2.80. The number of nitrogens with one attached hydrogen (secondary N) is 1. The number of nitriles is 1. The minimum Gasteiger partial charge on any atom is -0.459 e. The van der Waals surface area contributed by atoms with E-state index in [-0.39, 0.29) is 23.4 Å². The molecule has 1 amide bonds. The van der Waals surface area contributed by atoms with Gasteiger partial charge in [0.25, 0.3) is 5.89 Å². The maximum absolute atomic E-state index is 12.6. The molecule has 4 rings (SSSR count). The lowest BCUT2D eigenvalue weighted by Crippen LogP contribution is -2.40. The lowest BCUT2D eigenvalue weighted by atomic mass is 9.96. The van der Waals surface area contributed by atoms with E-state index in [0.29, 0.717) is 54.2 Å². The third-order valence-electron chi connectivity index (χ3n) is 5.07. The van der Waals surface area contributed by atoms with Crippen molar-refractivity contribution in [1.29, 1.82) is 5.26 Å². The van der Waals surface area contributed by atoms with Crippen molar-refractivity contribution in [3.63, 3.8) is 0 Å². The maximum Gasteiger partial charge on any atom is 0.266 e. The molecule has 3 aromatic rings. The fraction of sp³-hybridized carbons (Fsp3) is 0.286. The molecule has 0 radical (unpaired) electrons. The van der Waals surface area contributed by atoms with Crippen molar-refractivity contribution in [2.45, 2.75) is 19.4 Å². The van der Waals surface area contributed by atoms with Gasteiger partial charge in [0.05, 0.1) is 6.26 Å². The summed E-state index contributed by atoms with van der Waals surface area (Å²) in [6.45, 7) is 1.52. The Morgan fingerprint density at radius 1 is 1.30 bits per heavy atom. The number of rotatable bonds is 5. The van der Waals surface area contributed by atoms with Gasteiger partial charge >= 0.3 is 0 Å². The molecule has 2 aromatic heterocycles. The van der Waals surface area contributed by atoms with Crippen LogP contribution in [0.15, 0.2) is 45.4 Å². The van der Waals surface area contributed by atoms with Gasteiger partial charge in [-0.05, 0) is 42.7 Å². The SMILES string of the molecule is N#Cc1nc(-c2ccco2)oc1N1CCC(C(=O)NCc2ccc(Cl)cc2Cl)CC1. The van der Waals surface area contributed by atoms with Crippen molar-refractivity contribution < 1.29 is 13.6 Å². The van der Waals surface area contributed by atoms with E-state index in [9.17, 15) is 10.1 Å². The second-order valence-corrected chi connectivity index (χ2v) is 7.82. The largest absolute Gasteiger partial charge is 0.459 e. The highest BCUT2D eigenvalue weighted by Crippen LogP contribution is 2.31. The molecule has 0 bridgehead atoms. The molecule has 1 N–H and O–H groups in total. The van der Waals surface area contributed by atoms with Crippen LogP contribution in [-0.4, -0.2) is 24.0 Å². The minimum absolute atomic E-state index is 0.0185. The summed E-state index contributed by atoms with van der Waals surface area (Å²) in [5, 5.41) is 13.4. The van der Waals surface area contributed by atoms with E-state index < -0.39 is 0 Å². The molecule has 1 aliphatic rings. The molecular formula is C21H18Cl2N4O3. The number of furan rings is 1. The standard InChI is InChI=1S/C21H18Cl2N4O3/c22-15-4-3-14(16(23)10-15)12-25-19(28)13-5-7-27(8-6-13)21-17(11-24)26-20(30-21)18-2-1-9-29-18/h1-4,9-10,13H,5-8,12H2,(H,25,28). The topological polar surface area (TPSA) is 95.3 Å². The number of nitrogens with zero attached hydrogens (tertiary/aromatic N) is 3. The van der Waals surface area contributed by atoms with Crippen molar-refractivity contribution in [2.75, 3.05) is 18.0 Å². The van der Waals surface area contributed by atoms with Gasteiger partial charge in [0.2, 0.25) is 17.5 Å². The van der Waals surface area contributed by atoms with Gasteiger partial charge in [0.1, 0.15) is 6.07 Å². The van der Waals surface area contributed by atoms with Gasteiger partial charge in [-0.2, -0.15) is 10.2 Å². The van der Waals surface area contributed by atoms with Crippen molar-refractivity contribution in [1.82, 2.24) is 10.3 Å². The molecule has 1 aromatic carbocycles. The average Bonchev–Trinajstić information content (AvgIpc) is 3.42. The summed E-state index contributed by atoms with van der Waals surface area (Å²) in [5.41, 5.74) is 1.03. The van der Waals surface area contributed by atoms with E-state index in [1.54, 1.807) is 30.3 Å². The van der Waals surface area contributed by atoms with Crippen LogP contribution in [0.3, 0.4) is 0 Å². The van der Waals surface area contributed by atoms with Gasteiger partial charge in [0.15, 0.2) is 5.76 Å². The number of oxazole rings is 1. The van der Waals surface area contributed by atoms with Gasteiger partial charge in [0, 0.05) is 35.6 Å². The van der Waals surface area contributed by atoms with Crippen molar-refractivity contribution >= 4 is 35.0 Å². The molecule has 154 valence electrons. The predicted molar refractivity (Wildman–Crippen MR) is 112 cm³/mol. The summed E-state index contributed by atoms with van der Waals surface area (Å²) in [5.74, 6) is 1.01. The number of piperidine rings is 1. The third-order valence-corrected chi connectivity index (χ3v) is 5.66. The predicted octanol–water partition coefficient (Wildman–Crippen LogP) is 4.65. The Hall–Kier alpha value is -2.95. The van der Waals surface area contributed by atoms with Crippen LogP contribution < -0.4 is 10.2 Å². The number of anilines is 1. The fourth-order valence-corrected chi connectivity index (χ4v) is 3.92. The second kappa shape index (κ2) is 8.82. The molecule has 3 heterocycles. The normalized spacial score (nSPS) is 14.5. The zero-order valence-corrected chi connectivity index (χ0v) is 17.4. The molecule has 1 aliphatic heterocycles. The van der Waals surface area contributed by atoms with Gasteiger partial charge in [-0.3, -0.25) is 4.79 Å². The first-order chi connectivity index (χ1) is 14.5. The molecule has 0 spiro atoms. The molecule has 9 heteroatoms. The minimum atomic E-state index is -0.120. The molecule has 0 saturated carbocycles. The Morgan fingerprint density at radius 3 is 2.77 bits per heavy atom. The van der Waals surface area contributed by atoms with Crippen molar-refractivity contribution in [3.05, 3.63) is 57.9 Å². The average molecular weight is 445 g/mol. The first kappa shape index (κ1) is 20.3. The number of amides is 1. The number of hydrogen-bond donors (Lipinski definition) is 1. The fourth-order valence-electron chi connectivity index (χ4n) is 3.44. The molecule has 7 nitrogen and oxygen atoms in total. The van der Waals surface area contributed by atoms with Crippen LogP contribution in [0.4, 0.5) is 5.88 Å². The Kier molecular flexibility index (Phi) is 5.98. The molecule has 0 atom stereocenters. The number of hydrogen-bond acceptors (Lipinski definition) is 6. The molecule has 1 saturated heterocycles. The number of benzene rings is 1. The summed E-state index contributed by atoms with van der Waals surface area (Å²) in [4.78, 5) is 18.7. The van der Waals surface area contributed by atoms with E-state index in [1.807, 2.05) is 4.90 Å². The summed E-state index contributed by atoms with van der Waals surface area (Å²) < 4.78 is 11.1. The summed E-state index contributed by atoms with van der Waals surface area (Å²) >= 11 is 12.1. The van der Waals surface area contributed by atoms with Crippen LogP contribution in [0.1, 0.15) is 24.1 Å². The first-order valence-corrected chi connectivity index (χ1v) is 10.2. The Labute approximate surface area is 183 Å². The van der Waals surface area contributed by atoms with Gasteiger partial charge in [-0.25, -0.2) is 0 Å². The van der Waals surface area contributed by atoms with Crippen molar-refractivity contribution in [3.8, 4) is 17.7 Å². The highest BCUT2D eigenvalue weighted by molar-refractivity contribution is 6.35. The van der Waals surface area contributed by atoms with E-state index in [2.05, 4.69) is 16.4 Å². The van der Waals surface area contributed by atoms with E-state index in [0.717, 1.165) is 5.56 Å². The lowest BCUT2D eigenvalue weighted by Gasteiger charge is -2.31. The van der Waals surface area contributed by atoms with E-state index in [4.69, 9.17) is 32.0 Å². The van der Waals surface area contributed by atoms with Crippen LogP contribution in [0, 0.1) is 17.2 Å². The number of carbonyl (C=O) groups excluding carboxylic acids is 1. The molecule has 1 fully saturated rings. The Balaban J connectivity index is 1.36. The maximum atomic E-state index is 12.6. The van der Waals surface area contributed by atoms with Gasteiger partial charge in [-0.1, -0.05) is 29.3 Å². The zero-order chi connectivity index (χ0) is 21.1. The van der Waals surface area contributed by atoms with Crippen LogP contribution >= 0.6 is 23.2 Å². The zero-order valence-electron chi connectivity index (χ0n) is 15.9. The molecular weight excluding hydrogens is 427 g/mol. The quantitative estimate of drug-likeness (QED) is 0.615. The van der Waals surface area contributed by atoms with Crippen LogP contribution in [0.5, 0.6) is 0 Å². The number of carbonyl (C=O) groups is 1. The Morgan fingerprint density at radius 2 is 2.10 bits per heavy atom. The molecule has 0 unspecified atom stereocenters. The first-order valence-electron chi connectivity index (χ1n) is 9.46. The second-order valence-electron chi connectivity index (χ2n) is 6.98. The van der Waals surface area contributed by atoms with Gasteiger partial charge in [-0.15, -0.1) is 0 Å². The third kappa shape index (κ3) is 4.30.